The van der Waals surface area contributed by atoms with Gasteiger partial charge in [0.05, 0.1) is 5.69 Å². The smallest absolute Gasteiger partial charge is 0.256 e. The molecular weight excluding hydrogens is 339 g/mol. The summed E-state index contributed by atoms with van der Waals surface area (Å²) in [5, 5.41) is 0. The molecule has 8 heteroatoms. The van der Waals surface area contributed by atoms with Gasteiger partial charge in [0.25, 0.3) is 0 Å². The predicted octanol–water partition coefficient (Wildman–Crippen LogP) is 5.46. The van der Waals surface area contributed by atoms with E-state index in [1.165, 1.54) is 38.2 Å². The van der Waals surface area contributed by atoms with Crippen molar-refractivity contribution in [2.75, 3.05) is 0 Å². The maximum atomic E-state index is 14.6. The molecule has 0 fully saturated rings. The van der Waals surface area contributed by atoms with Crippen molar-refractivity contribution in [3.05, 3.63) is 53.2 Å². The van der Waals surface area contributed by atoms with Crippen molar-refractivity contribution in [1.82, 2.24) is 4.98 Å². The molecule has 0 saturated heterocycles. The van der Waals surface area contributed by atoms with Crippen LogP contribution >= 0.6 is 0 Å². The number of aromatic nitrogens is 1. The lowest BCUT2D eigenvalue weighted by Gasteiger charge is -2.32. The van der Waals surface area contributed by atoms with Gasteiger partial charge in [-0.1, -0.05) is 12.1 Å². The summed E-state index contributed by atoms with van der Waals surface area (Å²) < 4.78 is 93.3. The van der Waals surface area contributed by atoms with E-state index in [9.17, 15) is 30.7 Å². The number of halogens is 7. The highest BCUT2D eigenvalue weighted by molar-refractivity contribution is 5.70. The monoisotopic (exact) mass is 350 g/mol. The van der Waals surface area contributed by atoms with Crippen LogP contribution < -0.4 is 0 Å². The predicted molar refractivity (Wildman–Crippen MR) is 72.9 cm³/mol. The van der Waals surface area contributed by atoms with Crippen molar-refractivity contribution in [3.8, 4) is 11.3 Å². The highest BCUT2D eigenvalue weighted by atomic mass is 19.4. The lowest BCUT2D eigenvalue weighted by atomic mass is 9.85. The average molecular weight is 350 g/mol. The Kier molecular flexibility index (Phi) is 4.37. The Hall–Kier alpha value is -2.12. The standard InChI is InChI=1S/C16H11F7N/c1-9-7-10(2)13(12-5-3-4-6-24-12)11(8-9)14(17,15(18,19)20)16(21,22)23/h3-6,8H,1-2H3. The summed E-state index contributed by atoms with van der Waals surface area (Å²) in [6.07, 6.45) is -11.2. The third-order valence-corrected chi connectivity index (χ3v) is 3.46. The summed E-state index contributed by atoms with van der Waals surface area (Å²) in [6.45, 7) is 2.50. The summed E-state index contributed by atoms with van der Waals surface area (Å²) in [7, 11) is 0. The first kappa shape index (κ1) is 18.2. The number of pyridine rings is 1. The molecule has 129 valence electrons. The van der Waals surface area contributed by atoms with Crippen molar-refractivity contribution in [2.45, 2.75) is 31.9 Å². The van der Waals surface area contributed by atoms with Crippen molar-refractivity contribution >= 4 is 0 Å². The summed E-state index contributed by atoms with van der Waals surface area (Å²) in [4.78, 5) is 3.76. The minimum Gasteiger partial charge on any atom is -0.256 e. The number of nitrogens with zero attached hydrogens (tertiary/aromatic N) is 1. The molecule has 2 rings (SSSR count). The molecule has 0 N–H and O–H groups in total. The molecule has 1 aromatic heterocycles. The van der Waals surface area contributed by atoms with Gasteiger partial charge >= 0.3 is 18.0 Å². The van der Waals surface area contributed by atoms with Crippen LogP contribution in [0.25, 0.3) is 11.3 Å². The second kappa shape index (κ2) is 5.75. The molecule has 1 heterocycles. The summed E-state index contributed by atoms with van der Waals surface area (Å²) in [6, 6.07) is 7.15. The van der Waals surface area contributed by atoms with Gasteiger partial charge in [0, 0.05) is 17.3 Å². The van der Waals surface area contributed by atoms with Gasteiger partial charge in [-0.2, -0.15) is 26.3 Å². The summed E-state index contributed by atoms with van der Waals surface area (Å²) >= 11 is 0. The summed E-state index contributed by atoms with van der Waals surface area (Å²) in [5.41, 5.74) is -7.92. The Morgan fingerprint density at radius 1 is 0.917 bits per heavy atom. The fourth-order valence-electron chi connectivity index (χ4n) is 2.46. The molecule has 1 radical (unpaired) electrons. The molecule has 24 heavy (non-hydrogen) atoms. The number of alkyl halides is 7. The van der Waals surface area contributed by atoms with Crippen molar-refractivity contribution in [3.63, 3.8) is 0 Å². The van der Waals surface area contributed by atoms with Crippen LogP contribution in [0, 0.1) is 19.9 Å². The average Bonchev–Trinajstić information content (AvgIpc) is 2.44. The van der Waals surface area contributed by atoms with E-state index in [-0.39, 0.29) is 16.8 Å². The number of benzene rings is 1. The van der Waals surface area contributed by atoms with Gasteiger partial charge in [0.1, 0.15) is 0 Å². The van der Waals surface area contributed by atoms with Gasteiger partial charge in [-0.05, 0) is 43.2 Å². The number of hydrogen-bond acceptors (Lipinski definition) is 1. The highest BCUT2D eigenvalue weighted by Gasteiger charge is 2.74. The Balaban J connectivity index is 2.92. The van der Waals surface area contributed by atoms with E-state index in [0.717, 1.165) is 0 Å². The molecule has 1 nitrogen and oxygen atoms in total. The zero-order valence-corrected chi connectivity index (χ0v) is 12.5. The molecule has 0 aliphatic heterocycles. The molecule has 0 saturated carbocycles. The van der Waals surface area contributed by atoms with E-state index < -0.39 is 29.1 Å². The molecule has 0 amide bonds. The van der Waals surface area contributed by atoms with Gasteiger partial charge < -0.3 is 0 Å². The second-order valence-electron chi connectivity index (χ2n) is 5.23. The van der Waals surface area contributed by atoms with Crippen LogP contribution in [0.5, 0.6) is 0 Å². The minimum atomic E-state index is -6.19. The topological polar surface area (TPSA) is 12.9 Å². The van der Waals surface area contributed by atoms with E-state index in [1.54, 1.807) is 0 Å². The molecule has 1 aromatic carbocycles. The van der Waals surface area contributed by atoms with Crippen molar-refractivity contribution < 1.29 is 30.7 Å². The van der Waals surface area contributed by atoms with Gasteiger partial charge in [-0.3, -0.25) is 4.98 Å². The fourth-order valence-corrected chi connectivity index (χ4v) is 2.46. The van der Waals surface area contributed by atoms with Crippen LogP contribution in [0.15, 0.2) is 30.5 Å². The summed E-state index contributed by atoms with van der Waals surface area (Å²) in [5.74, 6) is 0. The molecule has 2 aromatic rings. The van der Waals surface area contributed by atoms with Crippen LogP contribution in [0.3, 0.4) is 0 Å². The first-order chi connectivity index (χ1) is 10.9. The molecule has 0 aliphatic rings. The molecule has 0 aliphatic carbocycles. The fraction of sp³-hybridized carbons (Fsp3) is 0.312. The van der Waals surface area contributed by atoms with E-state index in [4.69, 9.17) is 0 Å². The second-order valence-corrected chi connectivity index (χ2v) is 5.23. The zero-order valence-electron chi connectivity index (χ0n) is 12.5. The number of aryl methyl sites for hydroxylation is 2. The third-order valence-electron chi connectivity index (χ3n) is 3.46. The van der Waals surface area contributed by atoms with E-state index >= 15 is 0 Å². The normalized spacial score (nSPS) is 13.2. The Morgan fingerprint density at radius 3 is 1.96 bits per heavy atom. The Labute approximate surface area is 133 Å². The van der Waals surface area contributed by atoms with Crippen LogP contribution in [-0.4, -0.2) is 17.3 Å². The van der Waals surface area contributed by atoms with E-state index in [0.29, 0.717) is 6.07 Å². The Morgan fingerprint density at radius 2 is 1.50 bits per heavy atom. The van der Waals surface area contributed by atoms with Gasteiger partial charge in [-0.25, -0.2) is 4.39 Å². The first-order valence-electron chi connectivity index (χ1n) is 6.67. The molecule has 0 unspecified atom stereocenters. The maximum Gasteiger partial charge on any atom is 0.435 e. The Bertz CT molecular complexity index is 719. The molecular formula is C16H11F7N. The lowest BCUT2D eigenvalue weighted by Crippen LogP contribution is -2.50. The van der Waals surface area contributed by atoms with E-state index in [1.807, 2.05) is 0 Å². The van der Waals surface area contributed by atoms with Crippen molar-refractivity contribution in [2.24, 2.45) is 0 Å². The molecule has 0 atom stereocenters. The minimum absolute atomic E-state index is 0.0438. The van der Waals surface area contributed by atoms with Crippen LogP contribution in [-0.2, 0) is 5.67 Å². The SMILES string of the molecule is Cc1[c]c(C)c(-c2ccccn2)c(C(F)(C(F)(F)F)C(F)(F)F)c1. The largest absolute Gasteiger partial charge is 0.435 e. The van der Waals surface area contributed by atoms with Crippen LogP contribution in [0.2, 0.25) is 0 Å². The number of rotatable bonds is 2. The quantitative estimate of drug-likeness (QED) is 0.656. The maximum absolute atomic E-state index is 14.6. The molecule has 0 bridgehead atoms. The van der Waals surface area contributed by atoms with Gasteiger partial charge in [0.15, 0.2) is 0 Å². The van der Waals surface area contributed by atoms with Gasteiger partial charge in [0.2, 0.25) is 0 Å². The van der Waals surface area contributed by atoms with E-state index in [2.05, 4.69) is 11.1 Å². The van der Waals surface area contributed by atoms with Crippen LogP contribution in [0.1, 0.15) is 16.7 Å². The van der Waals surface area contributed by atoms with Crippen LogP contribution in [0.4, 0.5) is 30.7 Å². The third kappa shape index (κ3) is 2.85. The highest BCUT2D eigenvalue weighted by Crippen LogP contribution is 2.55. The van der Waals surface area contributed by atoms with Crippen molar-refractivity contribution in [1.29, 1.82) is 0 Å². The zero-order chi connectivity index (χ0) is 18.3. The van der Waals surface area contributed by atoms with Gasteiger partial charge in [-0.15, -0.1) is 0 Å². The lowest BCUT2D eigenvalue weighted by molar-refractivity contribution is -0.348. The number of hydrogen-bond donors (Lipinski definition) is 0. The molecule has 0 spiro atoms. The first-order valence-corrected chi connectivity index (χ1v) is 6.67.